The minimum absolute atomic E-state index is 0. The topological polar surface area (TPSA) is 75.2 Å². The van der Waals surface area contributed by atoms with Crippen molar-refractivity contribution in [3.8, 4) is 11.5 Å². The monoisotopic (exact) mass is 512 g/mol. The molecule has 0 aliphatic carbocycles. The van der Waals surface area contributed by atoms with Gasteiger partial charge in [0.25, 0.3) is 0 Å². The van der Waals surface area contributed by atoms with Crippen molar-refractivity contribution in [3.05, 3.63) is 23.8 Å². The lowest BCUT2D eigenvalue weighted by atomic mass is 10.2. The van der Waals surface area contributed by atoms with E-state index in [-0.39, 0.29) is 48.2 Å². The second-order valence-electron chi connectivity index (χ2n) is 6.10. The van der Waals surface area contributed by atoms with E-state index in [0.717, 1.165) is 6.42 Å². The molecule has 0 saturated carbocycles. The fourth-order valence-electron chi connectivity index (χ4n) is 2.91. The number of halogens is 3. The number of ether oxygens (including phenoxy) is 2. The zero-order chi connectivity index (χ0) is 19.8. The van der Waals surface area contributed by atoms with Gasteiger partial charge in [-0.05, 0) is 18.6 Å². The normalized spacial score (nSPS) is 16.6. The van der Waals surface area contributed by atoms with Gasteiger partial charge in [0.15, 0.2) is 5.96 Å². The lowest BCUT2D eigenvalue weighted by Gasteiger charge is -2.19. The molecule has 1 aliphatic heterocycles. The predicted octanol–water partition coefficient (Wildman–Crippen LogP) is 2.59. The van der Waals surface area contributed by atoms with Crippen molar-refractivity contribution >= 4 is 35.8 Å². The number of hydrogen-bond acceptors (Lipinski definition) is 4. The molecule has 0 aromatic heterocycles. The number of guanidine groups is 1. The van der Waals surface area contributed by atoms with Crippen LogP contribution in [0.3, 0.4) is 0 Å². The first kappa shape index (κ1) is 24.2. The molecule has 1 unspecified atom stereocenters. The fourth-order valence-corrected chi connectivity index (χ4v) is 2.91. The van der Waals surface area contributed by atoms with Gasteiger partial charge in [-0.15, -0.1) is 24.0 Å². The Bertz CT molecular complexity index is 676. The Labute approximate surface area is 180 Å². The van der Waals surface area contributed by atoms with Crippen LogP contribution in [0.5, 0.6) is 11.5 Å². The second kappa shape index (κ2) is 11.9. The number of likely N-dealkylation sites (tertiary alicyclic amines) is 1. The number of benzene rings is 1. The summed E-state index contributed by atoms with van der Waals surface area (Å²) in [5, 5.41) is 6.35. The number of alkyl halides is 2. The summed E-state index contributed by atoms with van der Waals surface area (Å²) in [7, 11) is 3.09. The molecule has 28 heavy (non-hydrogen) atoms. The van der Waals surface area contributed by atoms with Gasteiger partial charge in [-0.1, -0.05) is 6.92 Å². The maximum atomic E-state index is 12.7. The van der Waals surface area contributed by atoms with Crippen LogP contribution >= 0.6 is 24.0 Å². The Morgan fingerprint density at radius 1 is 1.43 bits per heavy atom. The fraction of sp³-hybridized carbons (Fsp3) is 0.556. The standard InChI is InChI=1S/C18H26F2N4O3.HI/c1-4-16(25)24-8-7-13(11-24)23-18(21-2)22-10-12-5-6-14(26-3)9-15(12)27-17(19)20;/h5-6,9,13,17H,4,7-8,10-11H2,1-3H3,(H2,21,22,23);1H. The quantitative estimate of drug-likeness (QED) is 0.334. The summed E-state index contributed by atoms with van der Waals surface area (Å²) >= 11 is 0. The second-order valence-corrected chi connectivity index (χ2v) is 6.10. The van der Waals surface area contributed by atoms with E-state index in [1.165, 1.54) is 13.2 Å². The van der Waals surface area contributed by atoms with Crippen molar-refractivity contribution in [1.29, 1.82) is 0 Å². The average molecular weight is 512 g/mol. The zero-order valence-electron chi connectivity index (χ0n) is 16.2. The summed E-state index contributed by atoms with van der Waals surface area (Å²) in [5.74, 6) is 1.15. The molecule has 2 rings (SSSR count). The van der Waals surface area contributed by atoms with E-state index >= 15 is 0 Å². The van der Waals surface area contributed by atoms with E-state index in [4.69, 9.17) is 4.74 Å². The van der Waals surface area contributed by atoms with Crippen LogP contribution in [0.4, 0.5) is 8.78 Å². The van der Waals surface area contributed by atoms with Gasteiger partial charge >= 0.3 is 6.61 Å². The lowest BCUT2D eigenvalue weighted by molar-refractivity contribution is -0.129. The minimum Gasteiger partial charge on any atom is -0.497 e. The van der Waals surface area contributed by atoms with E-state index < -0.39 is 6.61 Å². The van der Waals surface area contributed by atoms with Gasteiger partial charge in [-0.3, -0.25) is 9.79 Å². The van der Waals surface area contributed by atoms with Crippen molar-refractivity contribution in [3.63, 3.8) is 0 Å². The highest BCUT2D eigenvalue weighted by Crippen LogP contribution is 2.26. The van der Waals surface area contributed by atoms with Gasteiger partial charge in [-0.25, -0.2) is 0 Å². The largest absolute Gasteiger partial charge is 0.497 e. The van der Waals surface area contributed by atoms with Crippen LogP contribution in [-0.4, -0.2) is 56.7 Å². The molecule has 1 aromatic carbocycles. The number of nitrogens with one attached hydrogen (secondary N) is 2. The van der Waals surface area contributed by atoms with Crippen molar-refractivity contribution in [2.75, 3.05) is 27.2 Å². The number of hydrogen-bond donors (Lipinski definition) is 2. The third-order valence-corrected chi connectivity index (χ3v) is 4.34. The molecular formula is C18H27F2IN4O3. The molecule has 1 heterocycles. The molecule has 1 amide bonds. The highest BCUT2D eigenvalue weighted by Gasteiger charge is 2.25. The van der Waals surface area contributed by atoms with Crippen LogP contribution in [-0.2, 0) is 11.3 Å². The molecule has 1 aliphatic rings. The first-order chi connectivity index (χ1) is 13.0. The summed E-state index contributed by atoms with van der Waals surface area (Å²) in [6, 6.07) is 4.86. The Kier molecular flexibility index (Phi) is 10.3. The van der Waals surface area contributed by atoms with Crippen LogP contribution in [0, 0.1) is 0 Å². The van der Waals surface area contributed by atoms with Crippen molar-refractivity contribution < 1.29 is 23.0 Å². The summed E-state index contributed by atoms with van der Waals surface area (Å²) in [4.78, 5) is 17.8. The van der Waals surface area contributed by atoms with E-state index in [2.05, 4.69) is 20.4 Å². The molecule has 0 radical (unpaired) electrons. The average Bonchev–Trinajstić information content (AvgIpc) is 3.13. The van der Waals surface area contributed by atoms with E-state index in [1.807, 2.05) is 11.8 Å². The lowest BCUT2D eigenvalue weighted by Crippen LogP contribution is -2.44. The maximum Gasteiger partial charge on any atom is 0.387 e. The van der Waals surface area contributed by atoms with Gasteiger partial charge in [0, 0.05) is 50.8 Å². The summed E-state index contributed by atoms with van der Waals surface area (Å²) in [6.07, 6.45) is 1.32. The molecular weight excluding hydrogens is 485 g/mol. The highest BCUT2D eigenvalue weighted by atomic mass is 127. The van der Waals surface area contributed by atoms with Gasteiger partial charge in [-0.2, -0.15) is 8.78 Å². The summed E-state index contributed by atoms with van der Waals surface area (Å²) in [6.45, 7) is 0.504. The van der Waals surface area contributed by atoms with Crippen molar-refractivity contribution in [2.24, 2.45) is 4.99 Å². The van der Waals surface area contributed by atoms with Crippen LogP contribution < -0.4 is 20.1 Å². The van der Waals surface area contributed by atoms with Gasteiger partial charge in [0.05, 0.1) is 7.11 Å². The van der Waals surface area contributed by atoms with Crippen LogP contribution in [0.15, 0.2) is 23.2 Å². The SMILES string of the molecule is CCC(=O)N1CCC(NC(=NC)NCc2ccc(OC)cc2OC(F)F)C1.I. The van der Waals surface area contributed by atoms with Gasteiger partial charge in [0.2, 0.25) is 5.91 Å². The molecule has 1 saturated heterocycles. The Morgan fingerprint density at radius 3 is 2.79 bits per heavy atom. The number of carbonyl (C=O) groups is 1. The molecule has 0 bridgehead atoms. The molecule has 1 aromatic rings. The van der Waals surface area contributed by atoms with E-state index in [1.54, 1.807) is 19.2 Å². The molecule has 10 heteroatoms. The smallest absolute Gasteiger partial charge is 0.387 e. The Balaban J connectivity index is 0.00000392. The number of rotatable bonds is 7. The summed E-state index contributed by atoms with van der Waals surface area (Å²) < 4.78 is 34.9. The van der Waals surface area contributed by atoms with Crippen LogP contribution in [0.25, 0.3) is 0 Å². The molecule has 7 nitrogen and oxygen atoms in total. The Morgan fingerprint density at radius 2 is 2.18 bits per heavy atom. The van der Waals surface area contributed by atoms with Gasteiger partial charge < -0.3 is 25.0 Å². The number of nitrogens with zero attached hydrogens (tertiary/aromatic N) is 2. The molecule has 0 spiro atoms. The summed E-state index contributed by atoms with van der Waals surface area (Å²) in [5.41, 5.74) is 0.549. The zero-order valence-corrected chi connectivity index (χ0v) is 18.5. The maximum absolute atomic E-state index is 12.7. The minimum atomic E-state index is -2.92. The predicted molar refractivity (Wildman–Crippen MR) is 114 cm³/mol. The van der Waals surface area contributed by atoms with E-state index in [9.17, 15) is 13.6 Å². The van der Waals surface area contributed by atoms with E-state index in [0.29, 0.717) is 36.8 Å². The van der Waals surface area contributed by atoms with Crippen LogP contribution in [0.2, 0.25) is 0 Å². The molecule has 1 fully saturated rings. The first-order valence-electron chi connectivity index (χ1n) is 8.83. The first-order valence-corrected chi connectivity index (χ1v) is 8.83. The Hall–Kier alpha value is -1.85. The molecule has 1 atom stereocenters. The number of aliphatic imine (C=N–C) groups is 1. The highest BCUT2D eigenvalue weighted by molar-refractivity contribution is 14.0. The third kappa shape index (κ3) is 6.95. The van der Waals surface area contributed by atoms with Crippen molar-refractivity contribution in [1.82, 2.24) is 15.5 Å². The van der Waals surface area contributed by atoms with Crippen molar-refractivity contribution in [2.45, 2.75) is 39.0 Å². The third-order valence-electron chi connectivity index (χ3n) is 4.34. The van der Waals surface area contributed by atoms with Gasteiger partial charge in [0.1, 0.15) is 11.5 Å². The number of amides is 1. The number of carbonyl (C=O) groups excluding carboxylic acids is 1. The number of methoxy groups -OCH3 is 1. The molecule has 158 valence electrons. The molecule has 2 N–H and O–H groups in total. The van der Waals surface area contributed by atoms with Crippen LogP contribution in [0.1, 0.15) is 25.3 Å².